The molecule has 0 atom stereocenters. The maximum Gasteiger partial charge on any atom is 0.245 e. The second-order valence-electron chi connectivity index (χ2n) is 4.04. The molecular weight excluding hydrogens is 244 g/mol. The molecule has 3 N–H and O–H groups in total. The van der Waals surface area contributed by atoms with E-state index in [2.05, 4.69) is 5.48 Å². The number of carbonyl (C=O) groups is 1. The quantitative estimate of drug-likeness (QED) is 0.607. The highest BCUT2D eigenvalue weighted by Gasteiger charge is 2.08. The monoisotopic (exact) mass is 260 g/mol. The van der Waals surface area contributed by atoms with E-state index in [9.17, 15) is 4.79 Å². The molecule has 0 radical (unpaired) electrons. The van der Waals surface area contributed by atoms with Gasteiger partial charge in [0, 0.05) is 5.56 Å². The van der Waals surface area contributed by atoms with Crippen molar-refractivity contribution in [3.8, 4) is 5.75 Å². The van der Waals surface area contributed by atoms with Gasteiger partial charge in [-0.15, -0.1) is 0 Å². The van der Waals surface area contributed by atoms with Crippen molar-refractivity contribution in [2.24, 2.45) is 5.73 Å². The summed E-state index contributed by atoms with van der Waals surface area (Å²) in [5.41, 5.74) is 8.69. The van der Waals surface area contributed by atoms with Gasteiger partial charge in [-0.2, -0.15) is 5.48 Å². The van der Waals surface area contributed by atoms with Crippen LogP contribution in [-0.4, -0.2) is 19.6 Å². The first-order valence-corrected chi connectivity index (χ1v) is 5.90. The summed E-state index contributed by atoms with van der Waals surface area (Å²) in [6.07, 6.45) is 0. The second kappa shape index (κ2) is 6.17. The van der Waals surface area contributed by atoms with Crippen molar-refractivity contribution in [3.05, 3.63) is 42.0 Å². The largest absolute Gasteiger partial charge is 0.496 e. The van der Waals surface area contributed by atoms with E-state index in [4.69, 9.17) is 15.3 Å². The fourth-order valence-corrected chi connectivity index (χ4v) is 1.93. The van der Waals surface area contributed by atoms with Gasteiger partial charge in [0.15, 0.2) is 0 Å². The summed E-state index contributed by atoms with van der Waals surface area (Å²) in [5.74, 6) is 0.256. The molecule has 5 nitrogen and oxygen atoms in total. The number of benzene rings is 2. The highest BCUT2D eigenvalue weighted by atomic mass is 16.6. The maximum atomic E-state index is 10.6. The Hall–Kier alpha value is -2.11. The van der Waals surface area contributed by atoms with E-state index in [1.165, 1.54) is 0 Å². The van der Waals surface area contributed by atoms with Gasteiger partial charge in [0.2, 0.25) is 5.91 Å². The highest BCUT2D eigenvalue weighted by Crippen LogP contribution is 2.27. The Kier molecular flexibility index (Phi) is 4.33. The topological polar surface area (TPSA) is 73.6 Å². The summed E-state index contributed by atoms with van der Waals surface area (Å²) in [4.78, 5) is 15.5. The molecule has 2 aromatic rings. The van der Waals surface area contributed by atoms with Crippen molar-refractivity contribution >= 4 is 16.7 Å². The highest BCUT2D eigenvalue weighted by molar-refractivity contribution is 5.87. The number of rotatable bonds is 6. The second-order valence-corrected chi connectivity index (χ2v) is 4.04. The lowest BCUT2D eigenvalue weighted by molar-refractivity contribution is -0.125. The Bertz CT molecular complexity index is 584. The summed E-state index contributed by atoms with van der Waals surface area (Å²) < 4.78 is 5.34. The van der Waals surface area contributed by atoms with Gasteiger partial charge in [-0.1, -0.05) is 30.3 Å². The van der Waals surface area contributed by atoms with Gasteiger partial charge in [0.1, 0.15) is 12.4 Å². The molecule has 0 aliphatic carbocycles. The fraction of sp³-hybridized carbons (Fsp3) is 0.214. The number of hydrogen-bond acceptors (Lipinski definition) is 4. The van der Waals surface area contributed by atoms with E-state index in [1.807, 2.05) is 36.4 Å². The first kappa shape index (κ1) is 13.3. The smallest absolute Gasteiger partial charge is 0.245 e. The van der Waals surface area contributed by atoms with Crippen molar-refractivity contribution in [3.63, 3.8) is 0 Å². The number of amides is 1. The summed E-state index contributed by atoms with van der Waals surface area (Å²) in [5, 5.41) is 2.20. The van der Waals surface area contributed by atoms with Gasteiger partial charge in [-0.25, -0.2) is 0 Å². The number of carbonyl (C=O) groups excluding carboxylic acids is 1. The molecule has 0 saturated heterocycles. The zero-order chi connectivity index (χ0) is 13.7. The maximum absolute atomic E-state index is 10.6. The minimum absolute atomic E-state index is 0.160. The van der Waals surface area contributed by atoms with Crippen LogP contribution in [0.2, 0.25) is 0 Å². The average molecular weight is 260 g/mol. The molecule has 0 fully saturated rings. The van der Waals surface area contributed by atoms with Crippen LogP contribution >= 0.6 is 0 Å². The van der Waals surface area contributed by atoms with Crippen molar-refractivity contribution < 1.29 is 14.4 Å². The molecule has 0 unspecified atom stereocenters. The van der Waals surface area contributed by atoms with E-state index in [0.29, 0.717) is 6.54 Å². The normalized spacial score (nSPS) is 10.6. The number of hydrogen-bond donors (Lipinski definition) is 2. The third kappa shape index (κ3) is 3.21. The van der Waals surface area contributed by atoms with E-state index >= 15 is 0 Å². The lowest BCUT2D eigenvalue weighted by Gasteiger charge is -2.12. The lowest BCUT2D eigenvalue weighted by atomic mass is 10.0. The summed E-state index contributed by atoms with van der Waals surface area (Å²) >= 11 is 0. The van der Waals surface area contributed by atoms with Crippen molar-refractivity contribution in [1.82, 2.24) is 5.48 Å². The Balaban J connectivity index is 2.21. The predicted octanol–water partition coefficient (Wildman–Crippen LogP) is 1.35. The Labute approximate surface area is 111 Å². The molecule has 2 rings (SSSR count). The summed E-state index contributed by atoms with van der Waals surface area (Å²) in [6.45, 7) is 0.269. The SMILES string of the molecule is COc1ccc2ccccc2c1CNOCC(N)=O. The summed E-state index contributed by atoms with van der Waals surface area (Å²) in [6, 6.07) is 11.9. The van der Waals surface area contributed by atoms with Crippen LogP contribution in [0.5, 0.6) is 5.75 Å². The Morgan fingerprint density at radius 2 is 2.05 bits per heavy atom. The Morgan fingerprint density at radius 1 is 1.26 bits per heavy atom. The van der Waals surface area contributed by atoms with Crippen LogP contribution in [0.3, 0.4) is 0 Å². The molecule has 0 aliphatic rings. The van der Waals surface area contributed by atoms with Crippen LogP contribution in [-0.2, 0) is 16.2 Å². The van der Waals surface area contributed by atoms with Gasteiger partial charge in [-0.3, -0.25) is 9.63 Å². The molecule has 5 heteroatoms. The minimum atomic E-state index is -0.516. The molecular formula is C14H16N2O3. The molecule has 0 aliphatic heterocycles. The molecule has 0 saturated carbocycles. The van der Waals surface area contributed by atoms with Gasteiger partial charge in [-0.05, 0) is 16.8 Å². The van der Waals surface area contributed by atoms with Crippen LogP contribution in [0.4, 0.5) is 0 Å². The number of fused-ring (bicyclic) bond motifs is 1. The zero-order valence-corrected chi connectivity index (χ0v) is 10.7. The molecule has 0 bridgehead atoms. The summed E-state index contributed by atoms with van der Waals surface area (Å²) in [7, 11) is 1.62. The molecule has 0 heterocycles. The number of ether oxygens (including phenoxy) is 1. The van der Waals surface area contributed by atoms with Crippen LogP contribution in [0.1, 0.15) is 5.56 Å². The standard InChI is InChI=1S/C14H16N2O3/c1-18-13-7-6-10-4-2-3-5-11(10)12(13)8-16-19-9-14(15)17/h2-7,16H,8-9H2,1H3,(H2,15,17). The van der Waals surface area contributed by atoms with Gasteiger partial charge in [0.25, 0.3) is 0 Å². The van der Waals surface area contributed by atoms with Gasteiger partial charge < -0.3 is 10.5 Å². The number of nitrogens with one attached hydrogen (secondary N) is 1. The first-order valence-electron chi connectivity index (χ1n) is 5.90. The lowest BCUT2D eigenvalue weighted by Crippen LogP contribution is -2.24. The zero-order valence-electron chi connectivity index (χ0n) is 10.7. The van der Waals surface area contributed by atoms with E-state index in [-0.39, 0.29) is 6.61 Å². The predicted molar refractivity (Wildman–Crippen MR) is 72.5 cm³/mol. The van der Waals surface area contributed by atoms with E-state index < -0.39 is 5.91 Å². The van der Waals surface area contributed by atoms with Gasteiger partial charge in [0.05, 0.1) is 13.7 Å². The van der Waals surface area contributed by atoms with Crippen LogP contribution < -0.4 is 16.0 Å². The molecule has 100 valence electrons. The van der Waals surface area contributed by atoms with Crippen LogP contribution in [0.25, 0.3) is 10.8 Å². The average Bonchev–Trinajstić information content (AvgIpc) is 2.43. The third-order valence-electron chi connectivity index (χ3n) is 2.78. The number of methoxy groups -OCH3 is 1. The van der Waals surface area contributed by atoms with Crippen molar-refractivity contribution in [1.29, 1.82) is 0 Å². The number of hydroxylamine groups is 1. The van der Waals surface area contributed by atoms with Crippen molar-refractivity contribution in [2.45, 2.75) is 6.54 Å². The third-order valence-corrected chi connectivity index (χ3v) is 2.78. The Morgan fingerprint density at radius 3 is 2.79 bits per heavy atom. The van der Waals surface area contributed by atoms with Crippen molar-refractivity contribution in [2.75, 3.05) is 13.7 Å². The minimum Gasteiger partial charge on any atom is -0.496 e. The number of nitrogens with two attached hydrogens (primary N) is 1. The van der Waals surface area contributed by atoms with E-state index in [1.54, 1.807) is 7.11 Å². The van der Waals surface area contributed by atoms with Gasteiger partial charge >= 0.3 is 0 Å². The molecule has 2 aromatic carbocycles. The number of primary amides is 1. The molecule has 1 amide bonds. The molecule has 19 heavy (non-hydrogen) atoms. The van der Waals surface area contributed by atoms with Crippen LogP contribution in [0.15, 0.2) is 36.4 Å². The molecule has 0 spiro atoms. The fourth-order valence-electron chi connectivity index (χ4n) is 1.93. The first-order chi connectivity index (χ1) is 9.22. The van der Waals surface area contributed by atoms with Crippen LogP contribution in [0, 0.1) is 0 Å². The van der Waals surface area contributed by atoms with E-state index in [0.717, 1.165) is 22.1 Å². The molecule has 0 aromatic heterocycles.